The topological polar surface area (TPSA) is 67.0 Å². The average molecular weight is 389 g/mol. The molecule has 4 aromatic rings. The van der Waals surface area contributed by atoms with Crippen LogP contribution in [0.4, 0.5) is 4.39 Å². The summed E-state index contributed by atoms with van der Waals surface area (Å²) in [5.74, 6) is 0.185. The van der Waals surface area contributed by atoms with Gasteiger partial charge in [-0.05, 0) is 42.0 Å². The fourth-order valence-electron chi connectivity index (χ4n) is 3.45. The second-order valence-electron chi connectivity index (χ2n) is 6.68. The number of para-hydroxylation sites is 1. The van der Waals surface area contributed by atoms with Crippen LogP contribution < -0.4 is 10.1 Å². The Kier molecular flexibility index (Phi) is 5.24. The van der Waals surface area contributed by atoms with Gasteiger partial charge in [0, 0.05) is 28.9 Å². The van der Waals surface area contributed by atoms with Gasteiger partial charge < -0.3 is 15.0 Å². The van der Waals surface area contributed by atoms with E-state index < -0.39 is 6.04 Å². The molecule has 1 atom stereocenters. The number of methoxy groups -OCH3 is 1. The van der Waals surface area contributed by atoms with Gasteiger partial charge in [0.15, 0.2) is 0 Å². The van der Waals surface area contributed by atoms with Gasteiger partial charge in [0.25, 0.3) is 0 Å². The van der Waals surface area contributed by atoms with Crippen LogP contribution in [0.3, 0.4) is 0 Å². The van der Waals surface area contributed by atoms with Gasteiger partial charge in [0.2, 0.25) is 5.91 Å². The molecule has 0 spiro atoms. The lowest BCUT2D eigenvalue weighted by Gasteiger charge is -2.21. The molecule has 0 fully saturated rings. The summed E-state index contributed by atoms with van der Waals surface area (Å²) in [7, 11) is 1.60. The second kappa shape index (κ2) is 8.14. The highest BCUT2D eigenvalue weighted by atomic mass is 19.1. The van der Waals surface area contributed by atoms with Crippen molar-refractivity contribution < 1.29 is 13.9 Å². The lowest BCUT2D eigenvalue weighted by atomic mass is 10.0. The zero-order valence-corrected chi connectivity index (χ0v) is 15.9. The van der Waals surface area contributed by atoms with E-state index in [9.17, 15) is 9.18 Å². The van der Waals surface area contributed by atoms with Crippen LogP contribution in [0.1, 0.15) is 22.9 Å². The highest BCUT2D eigenvalue weighted by Gasteiger charge is 2.22. The predicted octanol–water partition coefficient (Wildman–Crippen LogP) is 4.16. The zero-order chi connectivity index (χ0) is 20.2. The molecular formula is C23H20FN3O2. The number of aromatic nitrogens is 2. The first-order chi connectivity index (χ1) is 14.2. The summed E-state index contributed by atoms with van der Waals surface area (Å²) in [4.78, 5) is 20.3. The first-order valence-corrected chi connectivity index (χ1v) is 9.24. The maximum absolute atomic E-state index is 13.4. The molecule has 29 heavy (non-hydrogen) atoms. The van der Waals surface area contributed by atoms with E-state index in [1.807, 2.05) is 42.5 Å². The van der Waals surface area contributed by atoms with Crippen LogP contribution in [-0.4, -0.2) is 23.0 Å². The van der Waals surface area contributed by atoms with Crippen LogP contribution in [0.25, 0.3) is 10.9 Å². The molecule has 0 aliphatic carbocycles. The number of amides is 1. The molecule has 0 radical (unpaired) electrons. The summed E-state index contributed by atoms with van der Waals surface area (Å²) in [6.07, 6.45) is 3.59. The number of nitrogens with one attached hydrogen (secondary N) is 2. The van der Waals surface area contributed by atoms with Crippen molar-refractivity contribution in [3.05, 3.63) is 95.7 Å². The van der Waals surface area contributed by atoms with E-state index in [4.69, 9.17) is 4.74 Å². The Labute approximate surface area is 167 Å². The number of halogens is 1. The Hall–Kier alpha value is -3.67. The fourth-order valence-corrected chi connectivity index (χ4v) is 3.45. The van der Waals surface area contributed by atoms with Crippen molar-refractivity contribution in [2.45, 2.75) is 12.5 Å². The van der Waals surface area contributed by atoms with Crippen LogP contribution in [0.2, 0.25) is 0 Å². The number of carbonyl (C=O) groups excluding carboxylic acids is 1. The van der Waals surface area contributed by atoms with Crippen molar-refractivity contribution in [3.8, 4) is 5.75 Å². The minimum atomic E-state index is -0.456. The minimum absolute atomic E-state index is 0.157. The molecule has 0 saturated carbocycles. The Morgan fingerprint density at radius 2 is 2.00 bits per heavy atom. The number of fused-ring (bicyclic) bond motifs is 1. The fraction of sp³-hybridized carbons (Fsp3) is 0.130. The predicted molar refractivity (Wildman–Crippen MR) is 109 cm³/mol. The molecule has 1 amide bonds. The number of H-pyrrole nitrogens is 1. The van der Waals surface area contributed by atoms with Crippen LogP contribution in [0.5, 0.6) is 5.75 Å². The van der Waals surface area contributed by atoms with Gasteiger partial charge in [0.1, 0.15) is 11.6 Å². The molecule has 4 rings (SSSR count). The van der Waals surface area contributed by atoms with Crippen molar-refractivity contribution in [2.24, 2.45) is 0 Å². The van der Waals surface area contributed by atoms with Gasteiger partial charge in [-0.15, -0.1) is 0 Å². The Bertz CT molecular complexity index is 1140. The number of hydrogen-bond acceptors (Lipinski definition) is 3. The second-order valence-corrected chi connectivity index (χ2v) is 6.68. The molecule has 2 N–H and O–H groups in total. The number of carbonyl (C=O) groups is 1. The number of benzene rings is 2. The average Bonchev–Trinajstić information content (AvgIpc) is 3.14. The third kappa shape index (κ3) is 3.96. The van der Waals surface area contributed by atoms with E-state index in [1.54, 1.807) is 25.6 Å². The normalized spacial score (nSPS) is 11.9. The van der Waals surface area contributed by atoms with Crippen LogP contribution >= 0.6 is 0 Å². The van der Waals surface area contributed by atoms with Gasteiger partial charge in [-0.1, -0.05) is 24.3 Å². The summed E-state index contributed by atoms with van der Waals surface area (Å²) in [6, 6.07) is 17.2. The van der Waals surface area contributed by atoms with Crippen LogP contribution in [0.15, 0.2) is 73.1 Å². The van der Waals surface area contributed by atoms with Gasteiger partial charge in [0.05, 0.1) is 25.3 Å². The van der Waals surface area contributed by atoms with E-state index in [0.717, 1.165) is 16.5 Å². The zero-order valence-electron chi connectivity index (χ0n) is 15.9. The molecule has 2 heterocycles. The smallest absolute Gasteiger partial charge is 0.225 e. The lowest BCUT2D eigenvalue weighted by molar-refractivity contribution is -0.120. The number of nitrogens with zero attached hydrogens (tertiary/aromatic N) is 1. The maximum atomic E-state index is 13.4. The Morgan fingerprint density at radius 3 is 2.79 bits per heavy atom. The van der Waals surface area contributed by atoms with Crippen LogP contribution in [0, 0.1) is 5.82 Å². The van der Waals surface area contributed by atoms with Gasteiger partial charge in [-0.25, -0.2) is 4.39 Å². The first-order valence-electron chi connectivity index (χ1n) is 9.24. The van der Waals surface area contributed by atoms with Crippen molar-refractivity contribution >= 4 is 16.8 Å². The number of pyridine rings is 1. The molecular weight excluding hydrogens is 369 g/mol. The molecule has 1 unspecified atom stereocenters. The van der Waals surface area contributed by atoms with Crippen molar-refractivity contribution in [1.29, 1.82) is 0 Å². The first kappa shape index (κ1) is 18.7. The standard InChI is InChI=1S/C23H20FN3O2/c1-29-21-8-3-2-6-18(21)23(19-7-4-5-11-25-19)27-22(28)12-15-14-26-20-13-16(24)9-10-17(15)20/h2-11,13-14,23,26H,12H2,1H3,(H,27,28). The monoisotopic (exact) mass is 389 g/mol. The van der Waals surface area contributed by atoms with Crippen molar-refractivity contribution in [1.82, 2.24) is 15.3 Å². The third-order valence-corrected chi connectivity index (χ3v) is 4.82. The quantitative estimate of drug-likeness (QED) is 0.520. The molecule has 0 bridgehead atoms. The lowest BCUT2D eigenvalue weighted by Crippen LogP contribution is -2.31. The number of rotatable bonds is 6. The van der Waals surface area contributed by atoms with E-state index in [1.165, 1.54) is 12.1 Å². The summed E-state index contributed by atoms with van der Waals surface area (Å²) in [5, 5.41) is 3.90. The highest BCUT2D eigenvalue weighted by Crippen LogP contribution is 2.29. The molecule has 146 valence electrons. The summed E-state index contributed by atoms with van der Waals surface area (Å²) < 4.78 is 18.9. The van der Waals surface area contributed by atoms with Gasteiger partial charge in [-0.3, -0.25) is 9.78 Å². The van der Waals surface area contributed by atoms with E-state index in [2.05, 4.69) is 15.3 Å². The van der Waals surface area contributed by atoms with E-state index in [-0.39, 0.29) is 18.1 Å². The number of ether oxygens (including phenoxy) is 1. The largest absolute Gasteiger partial charge is 0.496 e. The Morgan fingerprint density at radius 1 is 1.17 bits per heavy atom. The maximum Gasteiger partial charge on any atom is 0.225 e. The van der Waals surface area contributed by atoms with Crippen molar-refractivity contribution in [2.75, 3.05) is 7.11 Å². The third-order valence-electron chi connectivity index (χ3n) is 4.82. The molecule has 6 heteroatoms. The SMILES string of the molecule is COc1ccccc1C(NC(=O)Cc1c[nH]c2cc(F)ccc12)c1ccccn1. The van der Waals surface area contributed by atoms with Gasteiger partial charge >= 0.3 is 0 Å². The number of hydrogen-bond donors (Lipinski definition) is 2. The summed E-state index contributed by atoms with van der Waals surface area (Å²) >= 11 is 0. The minimum Gasteiger partial charge on any atom is -0.496 e. The molecule has 5 nitrogen and oxygen atoms in total. The van der Waals surface area contributed by atoms with Crippen LogP contribution in [-0.2, 0) is 11.2 Å². The molecule has 0 saturated heterocycles. The molecule has 0 aliphatic heterocycles. The molecule has 0 aliphatic rings. The molecule has 2 aromatic carbocycles. The van der Waals surface area contributed by atoms with E-state index >= 15 is 0 Å². The summed E-state index contributed by atoms with van der Waals surface area (Å²) in [6.45, 7) is 0. The number of aromatic amines is 1. The highest BCUT2D eigenvalue weighted by molar-refractivity contribution is 5.89. The summed E-state index contributed by atoms with van der Waals surface area (Å²) in [5.41, 5.74) is 3.01. The van der Waals surface area contributed by atoms with E-state index in [0.29, 0.717) is 17.0 Å². The van der Waals surface area contributed by atoms with Crippen molar-refractivity contribution in [3.63, 3.8) is 0 Å². The Balaban J connectivity index is 1.62. The van der Waals surface area contributed by atoms with Gasteiger partial charge in [-0.2, -0.15) is 0 Å². The molecule has 2 aromatic heterocycles.